The lowest BCUT2D eigenvalue weighted by atomic mass is 10.2. The Morgan fingerprint density at radius 1 is 1.44 bits per heavy atom. The topological polar surface area (TPSA) is 58.6 Å². The molecule has 1 aliphatic heterocycles. The van der Waals surface area contributed by atoms with Gasteiger partial charge in [-0.3, -0.25) is 14.5 Å². The quantitative estimate of drug-likeness (QED) is 0.659. The second kappa shape index (κ2) is 5.14. The van der Waals surface area contributed by atoms with Gasteiger partial charge >= 0.3 is 0 Å². The Kier molecular flexibility index (Phi) is 3.57. The molecule has 1 aliphatic rings. The van der Waals surface area contributed by atoms with E-state index in [9.17, 15) is 9.59 Å². The van der Waals surface area contributed by atoms with Gasteiger partial charge in [-0.05, 0) is 31.3 Å². The van der Waals surface area contributed by atoms with Gasteiger partial charge in [-0.15, -0.1) is 0 Å². The van der Waals surface area contributed by atoms with Crippen molar-refractivity contribution in [1.82, 2.24) is 5.32 Å². The van der Waals surface area contributed by atoms with Gasteiger partial charge in [0, 0.05) is 6.07 Å². The van der Waals surface area contributed by atoms with Crippen LogP contribution in [0.25, 0.3) is 0 Å². The Morgan fingerprint density at radius 3 is 2.89 bits per heavy atom. The summed E-state index contributed by atoms with van der Waals surface area (Å²) in [5.74, 6) is -0.0536. The molecular weight excluding hydrogens is 252 g/mol. The minimum absolute atomic E-state index is 0.102. The molecule has 1 saturated heterocycles. The normalized spacial score (nSPS) is 15.6. The van der Waals surface area contributed by atoms with Crippen LogP contribution in [-0.2, 0) is 9.59 Å². The van der Waals surface area contributed by atoms with Gasteiger partial charge < -0.3 is 10.1 Å². The van der Waals surface area contributed by atoms with Crippen molar-refractivity contribution in [3.63, 3.8) is 0 Å². The van der Waals surface area contributed by atoms with E-state index in [0.29, 0.717) is 18.0 Å². The van der Waals surface area contributed by atoms with Crippen molar-refractivity contribution < 1.29 is 14.3 Å². The predicted octanol–water partition coefficient (Wildman–Crippen LogP) is 1.22. The van der Waals surface area contributed by atoms with E-state index in [4.69, 9.17) is 17.0 Å². The molecule has 1 N–H and O–H groups in total. The maximum atomic E-state index is 11.8. The van der Waals surface area contributed by atoms with E-state index >= 15 is 0 Å². The van der Waals surface area contributed by atoms with Gasteiger partial charge in [-0.1, -0.05) is 6.07 Å². The Balaban J connectivity index is 2.29. The maximum absolute atomic E-state index is 11.8. The third-order valence-corrected chi connectivity index (χ3v) is 2.68. The number of carbonyl (C=O) groups excluding carboxylic acids is 2. The SMILES string of the molecule is CCOc1cccc(N2C(=O)CC(=O)NC2=S)c1. The predicted molar refractivity (Wildman–Crippen MR) is 70.5 cm³/mol. The Morgan fingerprint density at radius 2 is 2.22 bits per heavy atom. The summed E-state index contributed by atoms with van der Waals surface area (Å²) in [7, 11) is 0. The molecule has 1 fully saturated rings. The molecular formula is C12H12N2O3S. The van der Waals surface area contributed by atoms with Gasteiger partial charge in [0.05, 0.1) is 12.3 Å². The first-order chi connectivity index (χ1) is 8.61. The second-order valence-corrected chi connectivity index (χ2v) is 4.08. The van der Waals surface area contributed by atoms with Crippen molar-refractivity contribution >= 4 is 34.8 Å². The molecule has 2 rings (SSSR count). The number of thiocarbonyl (C=S) groups is 1. The minimum Gasteiger partial charge on any atom is -0.494 e. The molecule has 6 heteroatoms. The Bertz CT molecular complexity index is 496. The first-order valence-electron chi connectivity index (χ1n) is 5.51. The zero-order valence-electron chi connectivity index (χ0n) is 9.80. The standard InChI is InChI=1S/C12H12N2O3S/c1-2-17-9-5-3-4-8(6-9)14-11(16)7-10(15)13-12(14)18/h3-6H,2,7H2,1H3,(H,13,15,18). The van der Waals surface area contributed by atoms with Gasteiger partial charge in [0.1, 0.15) is 12.2 Å². The Labute approximate surface area is 110 Å². The van der Waals surface area contributed by atoms with Crippen LogP contribution in [0.1, 0.15) is 13.3 Å². The third-order valence-electron chi connectivity index (χ3n) is 2.40. The minimum atomic E-state index is -0.373. The number of carbonyl (C=O) groups is 2. The van der Waals surface area contributed by atoms with Crippen LogP contribution >= 0.6 is 12.2 Å². The van der Waals surface area contributed by atoms with Crippen molar-refractivity contribution in [1.29, 1.82) is 0 Å². The number of hydrogen-bond donors (Lipinski definition) is 1. The van der Waals surface area contributed by atoms with E-state index in [2.05, 4.69) is 5.32 Å². The molecule has 0 atom stereocenters. The van der Waals surface area contributed by atoms with Crippen LogP contribution in [0, 0.1) is 0 Å². The molecule has 5 nitrogen and oxygen atoms in total. The molecule has 0 bridgehead atoms. The van der Waals surface area contributed by atoms with Gasteiger partial charge in [0.2, 0.25) is 11.8 Å². The van der Waals surface area contributed by atoms with Crippen molar-refractivity contribution in [2.45, 2.75) is 13.3 Å². The molecule has 1 aromatic rings. The van der Waals surface area contributed by atoms with Crippen molar-refractivity contribution in [2.75, 3.05) is 11.5 Å². The van der Waals surface area contributed by atoms with Crippen molar-refractivity contribution in [3.05, 3.63) is 24.3 Å². The molecule has 0 spiro atoms. The van der Waals surface area contributed by atoms with Gasteiger partial charge in [-0.2, -0.15) is 0 Å². The zero-order valence-corrected chi connectivity index (χ0v) is 10.6. The molecule has 18 heavy (non-hydrogen) atoms. The van der Waals surface area contributed by atoms with Gasteiger partial charge in [0.25, 0.3) is 0 Å². The molecule has 0 aliphatic carbocycles. The van der Waals surface area contributed by atoms with E-state index in [1.165, 1.54) is 4.90 Å². The number of benzene rings is 1. The van der Waals surface area contributed by atoms with Crippen LogP contribution in [0.4, 0.5) is 5.69 Å². The molecule has 2 amide bonds. The summed E-state index contributed by atoms with van der Waals surface area (Å²) < 4.78 is 5.36. The number of amides is 2. The third kappa shape index (κ3) is 2.48. The largest absolute Gasteiger partial charge is 0.494 e. The monoisotopic (exact) mass is 264 g/mol. The fourth-order valence-corrected chi connectivity index (χ4v) is 2.01. The summed E-state index contributed by atoms with van der Waals surface area (Å²) in [6.07, 6.45) is -0.195. The summed E-state index contributed by atoms with van der Waals surface area (Å²) in [5.41, 5.74) is 0.593. The summed E-state index contributed by atoms with van der Waals surface area (Å²) in [6, 6.07) is 7.02. The molecule has 0 saturated carbocycles. The number of rotatable bonds is 3. The lowest BCUT2D eigenvalue weighted by Crippen LogP contribution is -2.52. The van der Waals surface area contributed by atoms with E-state index in [0.717, 1.165) is 0 Å². The van der Waals surface area contributed by atoms with Gasteiger partial charge in [0.15, 0.2) is 5.11 Å². The first kappa shape index (κ1) is 12.5. The highest BCUT2D eigenvalue weighted by Crippen LogP contribution is 2.23. The van der Waals surface area contributed by atoms with Crippen molar-refractivity contribution in [3.8, 4) is 5.75 Å². The highest BCUT2D eigenvalue weighted by Gasteiger charge is 2.29. The summed E-state index contributed by atoms with van der Waals surface area (Å²) in [6.45, 7) is 2.42. The average Bonchev–Trinajstić information content (AvgIpc) is 2.28. The van der Waals surface area contributed by atoms with E-state index < -0.39 is 0 Å². The molecule has 1 aromatic carbocycles. The van der Waals surface area contributed by atoms with E-state index in [-0.39, 0.29) is 23.3 Å². The molecule has 0 unspecified atom stereocenters. The number of ether oxygens (including phenoxy) is 1. The summed E-state index contributed by atoms with van der Waals surface area (Å²) in [4.78, 5) is 24.3. The Hall–Kier alpha value is -1.95. The molecule has 0 radical (unpaired) electrons. The van der Waals surface area contributed by atoms with Crippen LogP contribution in [0.2, 0.25) is 0 Å². The van der Waals surface area contributed by atoms with Crippen LogP contribution in [-0.4, -0.2) is 23.5 Å². The first-order valence-corrected chi connectivity index (χ1v) is 5.92. The summed E-state index contributed by atoms with van der Waals surface area (Å²) in [5, 5.41) is 2.57. The van der Waals surface area contributed by atoms with Crippen LogP contribution in [0.5, 0.6) is 5.75 Å². The fraction of sp³-hybridized carbons (Fsp3) is 0.250. The number of anilines is 1. The number of nitrogens with zero attached hydrogens (tertiary/aromatic N) is 1. The van der Waals surface area contributed by atoms with Crippen LogP contribution in [0.3, 0.4) is 0 Å². The van der Waals surface area contributed by atoms with E-state index in [1.807, 2.05) is 6.92 Å². The molecule has 0 aromatic heterocycles. The van der Waals surface area contributed by atoms with E-state index in [1.54, 1.807) is 24.3 Å². The molecule has 94 valence electrons. The highest BCUT2D eigenvalue weighted by atomic mass is 32.1. The summed E-state index contributed by atoms with van der Waals surface area (Å²) >= 11 is 5.00. The lowest BCUT2D eigenvalue weighted by Gasteiger charge is -2.27. The zero-order chi connectivity index (χ0) is 13.1. The number of hydrogen-bond acceptors (Lipinski definition) is 4. The maximum Gasteiger partial charge on any atom is 0.242 e. The van der Waals surface area contributed by atoms with Crippen LogP contribution in [0.15, 0.2) is 24.3 Å². The van der Waals surface area contributed by atoms with Crippen molar-refractivity contribution in [2.24, 2.45) is 0 Å². The second-order valence-electron chi connectivity index (χ2n) is 3.69. The van der Waals surface area contributed by atoms with Gasteiger partial charge in [-0.25, -0.2) is 0 Å². The fourth-order valence-electron chi connectivity index (χ4n) is 1.69. The molecule has 1 heterocycles. The number of nitrogens with one attached hydrogen (secondary N) is 1. The highest BCUT2D eigenvalue weighted by molar-refractivity contribution is 7.80. The smallest absolute Gasteiger partial charge is 0.242 e. The average molecular weight is 264 g/mol. The lowest BCUT2D eigenvalue weighted by molar-refractivity contribution is -0.127. The van der Waals surface area contributed by atoms with Crippen LogP contribution < -0.4 is 15.0 Å².